The van der Waals surface area contributed by atoms with Crippen LogP contribution in [0.1, 0.15) is 32.3 Å². The highest BCUT2D eigenvalue weighted by molar-refractivity contribution is 5.94. The number of fused-ring (bicyclic) bond motifs is 1. The molecule has 0 atom stereocenters. The molecule has 2 aromatic rings. The number of nitrogens with zero attached hydrogens (tertiary/aromatic N) is 2. The largest absolute Gasteiger partial charge is 0.392 e. The van der Waals surface area contributed by atoms with Crippen molar-refractivity contribution in [1.29, 1.82) is 0 Å². The average molecular weight is 284 g/mol. The van der Waals surface area contributed by atoms with Crippen molar-refractivity contribution in [3.8, 4) is 0 Å². The van der Waals surface area contributed by atoms with Gasteiger partial charge in [0.15, 0.2) is 0 Å². The van der Waals surface area contributed by atoms with Gasteiger partial charge in [-0.1, -0.05) is 38.1 Å². The van der Waals surface area contributed by atoms with Gasteiger partial charge in [0.2, 0.25) is 0 Å². The summed E-state index contributed by atoms with van der Waals surface area (Å²) in [5.74, 6) is 2.68. The van der Waals surface area contributed by atoms with Crippen LogP contribution >= 0.6 is 0 Å². The molecule has 1 aromatic carbocycles. The number of anilines is 1. The van der Waals surface area contributed by atoms with Gasteiger partial charge in [-0.15, -0.1) is 0 Å². The van der Waals surface area contributed by atoms with Gasteiger partial charge in [0.1, 0.15) is 5.82 Å². The molecule has 112 valence electrons. The van der Waals surface area contributed by atoms with E-state index in [1.54, 1.807) is 0 Å². The Morgan fingerprint density at radius 1 is 1.19 bits per heavy atom. The van der Waals surface area contributed by atoms with Gasteiger partial charge in [0, 0.05) is 30.2 Å². The predicted molar refractivity (Wildman–Crippen MR) is 87.4 cm³/mol. The van der Waals surface area contributed by atoms with Crippen LogP contribution in [0.4, 0.5) is 5.82 Å². The summed E-state index contributed by atoms with van der Waals surface area (Å²) in [6.45, 7) is 6.86. The molecular weight excluding hydrogens is 260 g/mol. The van der Waals surface area contributed by atoms with Gasteiger partial charge in [-0.2, -0.15) is 0 Å². The number of benzene rings is 1. The molecule has 2 heterocycles. The van der Waals surface area contributed by atoms with Crippen molar-refractivity contribution in [3.63, 3.8) is 0 Å². The van der Waals surface area contributed by atoms with E-state index in [4.69, 9.17) is 0 Å². The van der Waals surface area contributed by atoms with E-state index in [1.165, 1.54) is 12.8 Å². The molecule has 3 rings (SSSR count). The number of aliphatic hydroxyl groups is 1. The summed E-state index contributed by atoms with van der Waals surface area (Å²) in [5.41, 5.74) is 0.909. The van der Waals surface area contributed by atoms with Gasteiger partial charge < -0.3 is 10.0 Å². The number of rotatable bonds is 3. The fourth-order valence-corrected chi connectivity index (χ4v) is 3.39. The number of piperidine rings is 1. The van der Waals surface area contributed by atoms with Gasteiger partial charge in [0.25, 0.3) is 0 Å². The minimum absolute atomic E-state index is 0.0449. The van der Waals surface area contributed by atoms with Gasteiger partial charge >= 0.3 is 0 Å². The normalized spacial score (nSPS) is 16.9. The van der Waals surface area contributed by atoms with E-state index in [1.807, 2.05) is 12.3 Å². The maximum absolute atomic E-state index is 9.48. The molecule has 3 heteroatoms. The third-order valence-corrected chi connectivity index (χ3v) is 4.81. The first-order valence-corrected chi connectivity index (χ1v) is 7.93. The summed E-state index contributed by atoms with van der Waals surface area (Å²) in [4.78, 5) is 7.04. The van der Waals surface area contributed by atoms with Crippen molar-refractivity contribution in [2.24, 2.45) is 11.8 Å². The summed E-state index contributed by atoms with van der Waals surface area (Å²) in [7, 11) is 0. The first-order valence-electron chi connectivity index (χ1n) is 7.93. The van der Waals surface area contributed by atoms with Crippen LogP contribution in [0, 0.1) is 11.8 Å². The Balaban J connectivity index is 1.92. The summed E-state index contributed by atoms with van der Waals surface area (Å²) < 4.78 is 0. The van der Waals surface area contributed by atoms with Crippen molar-refractivity contribution >= 4 is 16.6 Å². The highest BCUT2D eigenvalue weighted by atomic mass is 16.3. The molecule has 1 aromatic heterocycles. The molecule has 0 aliphatic carbocycles. The summed E-state index contributed by atoms with van der Waals surface area (Å²) in [6, 6.07) is 8.27. The van der Waals surface area contributed by atoms with E-state index in [0.717, 1.165) is 47.1 Å². The minimum Gasteiger partial charge on any atom is -0.392 e. The van der Waals surface area contributed by atoms with E-state index in [0.29, 0.717) is 0 Å². The number of aromatic nitrogens is 1. The molecule has 21 heavy (non-hydrogen) atoms. The Morgan fingerprint density at radius 2 is 1.86 bits per heavy atom. The van der Waals surface area contributed by atoms with Crippen molar-refractivity contribution < 1.29 is 5.11 Å². The lowest BCUT2D eigenvalue weighted by atomic mass is 9.86. The van der Waals surface area contributed by atoms with Crippen LogP contribution < -0.4 is 4.90 Å². The van der Waals surface area contributed by atoms with Crippen molar-refractivity contribution in [2.45, 2.75) is 33.3 Å². The lowest BCUT2D eigenvalue weighted by molar-refractivity contribution is 0.283. The topological polar surface area (TPSA) is 36.4 Å². The van der Waals surface area contributed by atoms with E-state index in [-0.39, 0.29) is 6.61 Å². The van der Waals surface area contributed by atoms with Crippen LogP contribution in [0.3, 0.4) is 0 Å². The predicted octanol–water partition coefficient (Wildman–Crippen LogP) is 3.60. The zero-order valence-electron chi connectivity index (χ0n) is 12.9. The van der Waals surface area contributed by atoms with Gasteiger partial charge in [0.05, 0.1) is 6.61 Å². The second-order valence-corrected chi connectivity index (χ2v) is 6.38. The SMILES string of the molecule is CC(C)C1CCN(c2ncc(CO)c3ccccc23)CC1. The van der Waals surface area contributed by atoms with Gasteiger partial charge in [-0.3, -0.25) is 0 Å². The standard InChI is InChI=1S/C18H24N2O/c1-13(2)14-7-9-20(10-8-14)18-17-6-4-3-5-16(17)15(12-21)11-19-18/h3-6,11,13-14,21H,7-10,12H2,1-2H3. The number of hydrogen-bond donors (Lipinski definition) is 1. The molecule has 0 unspecified atom stereocenters. The molecule has 1 aliphatic rings. The van der Waals surface area contributed by atoms with Gasteiger partial charge in [-0.25, -0.2) is 4.98 Å². The van der Waals surface area contributed by atoms with E-state index < -0.39 is 0 Å². The van der Waals surface area contributed by atoms with E-state index in [9.17, 15) is 5.11 Å². The lowest BCUT2D eigenvalue weighted by Crippen LogP contribution is -2.35. The van der Waals surface area contributed by atoms with Crippen LogP contribution in [0.15, 0.2) is 30.5 Å². The summed E-state index contributed by atoms with van der Waals surface area (Å²) >= 11 is 0. The highest BCUT2D eigenvalue weighted by Gasteiger charge is 2.23. The molecule has 1 saturated heterocycles. The fourth-order valence-electron chi connectivity index (χ4n) is 3.39. The zero-order chi connectivity index (χ0) is 14.8. The van der Waals surface area contributed by atoms with Crippen molar-refractivity contribution in [2.75, 3.05) is 18.0 Å². The molecular formula is C18H24N2O. The molecule has 0 bridgehead atoms. The summed E-state index contributed by atoms with van der Waals surface area (Å²) in [6.07, 6.45) is 4.32. The molecule has 1 N–H and O–H groups in total. The van der Waals surface area contributed by atoms with Gasteiger partial charge in [-0.05, 0) is 30.1 Å². The Kier molecular flexibility index (Phi) is 4.11. The lowest BCUT2D eigenvalue weighted by Gasteiger charge is -2.35. The third-order valence-electron chi connectivity index (χ3n) is 4.81. The average Bonchev–Trinajstić information content (AvgIpc) is 2.54. The Bertz CT molecular complexity index is 616. The van der Waals surface area contributed by atoms with Crippen LogP contribution in [0.5, 0.6) is 0 Å². The summed E-state index contributed by atoms with van der Waals surface area (Å²) in [5, 5.41) is 11.8. The Labute approximate surface area is 126 Å². The molecule has 0 amide bonds. The van der Waals surface area contributed by atoms with Crippen LogP contribution in [0.25, 0.3) is 10.8 Å². The van der Waals surface area contributed by atoms with E-state index >= 15 is 0 Å². The maximum Gasteiger partial charge on any atom is 0.136 e. The minimum atomic E-state index is 0.0449. The second-order valence-electron chi connectivity index (χ2n) is 6.38. The first-order chi connectivity index (χ1) is 10.2. The zero-order valence-corrected chi connectivity index (χ0v) is 12.9. The number of hydrogen-bond acceptors (Lipinski definition) is 3. The highest BCUT2D eigenvalue weighted by Crippen LogP contribution is 2.31. The number of aliphatic hydroxyl groups excluding tert-OH is 1. The molecule has 3 nitrogen and oxygen atoms in total. The maximum atomic E-state index is 9.48. The van der Waals surface area contributed by atoms with Crippen molar-refractivity contribution in [1.82, 2.24) is 4.98 Å². The molecule has 1 aliphatic heterocycles. The Hall–Kier alpha value is -1.61. The third kappa shape index (κ3) is 2.75. The molecule has 0 spiro atoms. The fraction of sp³-hybridized carbons (Fsp3) is 0.500. The monoisotopic (exact) mass is 284 g/mol. The van der Waals surface area contributed by atoms with Crippen LogP contribution in [0.2, 0.25) is 0 Å². The Morgan fingerprint density at radius 3 is 2.48 bits per heavy atom. The van der Waals surface area contributed by atoms with Crippen LogP contribution in [-0.4, -0.2) is 23.2 Å². The van der Waals surface area contributed by atoms with E-state index in [2.05, 4.69) is 41.9 Å². The quantitative estimate of drug-likeness (QED) is 0.935. The molecule has 0 saturated carbocycles. The molecule has 0 radical (unpaired) electrons. The molecule has 1 fully saturated rings. The van der Waals surface area contributed by atoms with Crippen LogP contribution in [-0.2, 0) is 6.61 Å². The number of pyridine rings is 1. The van der Waals surface area contributed by atoms with Crippen molar-refractivity contribution in [3.05, 3.63) is 36.0 Å². The smallest absolute Gasteiger partial charge is 0.136 e. The second kappa shape index (κ2) is 6.02. The first kappa shape index (κ1) is 14.3.